The summed E-state index contributed by atoms with van der Waals surface area (Å²) in [4.78, 5) is 25.1. The lowest BCUT2D eigenvalue weighted by Crippen LogP contribution is -2.26. The summed E-state index contributed by atoms with van der Waals surface area (Å²) in [6, 6.07) is 13.4. The van der Waals surface area contributed by atoms with Gasteiger partial charge in [0.15, 0.2) is 0 Å². The summed E-state index contributed by atoms with van der Waals surface area (Å²) in [5.41, 5.74) is 2.55. The third kappa shape index (κ3) is 2.70. The molecule has 1 aliphatic carbocycles. The van der Waals surface area contributed by atoms with Crippen LogP contribution in [0.1, 0.15) is 37.3 Å². The van der Waals surface area contributed by atoms with Crippen molar-refractivity contribution in [1.29, 1.82) is 5.26 Å². The first-order valence-corrected chi connectivity index (χ1v) is 9.40. The van der Waals surface area contributed by atoms with E-state index in [0.29, 0.717) is 11.8 Å². The Hall–Kier alpha value is -3.66. The molecule has 0 atom stereocenters. The quantitative estimate of drug-likeness (QED) is 0.568. The molecule has 0 amide bonds. The number of aromatic nitrogens is 4. The topological polar surface area (TPSA) is 99.4 Å². The van der Waals surface area contributed by atoms with Gasteiger partial charge in [-0.25, -0.2) is 9.97 Å². The minimum absolute atomic E-state index is 0.129. The summed E-state index contributed by atoms with van der Waals surface area (Å²) in [6.07, 6.45) is 5.82. The molecule has 0 unspecified atom stereocenters. The molecular weight excluding hydrogens is 352 g/mol. The highest BCUT2D eigenvalue weighted by Crippen LogP contribution is 2.31. The highest BCUT2D eigenvalue weighted by Gasteiger charge is 2.22. The first-order chi connectivity index (χ1) is 13.7. The number of benzene rings is 1. The molecule has 1 saturated carbocycles. The molecule has 0 radical (unpaired) electrons. The molecular formula is C21H18N6O. The fourth-order valence-electron chi connectivity index (χ4n) is 4.04. The molecule has 3 aromatic heterocycles. The van der Waals surface area contributed by atoms with Crippen molar-refractivity contribution < 1.29 is 0 Å². The summed E-state index contributed by atoms with van der Waals surface area (Å²) in [5, 5.41) is 13.3. The van der Waals surface area contributed by atoms with Crippen molar-refractivity contribution in [1.82, 2.24) is 19.5 Å². The van der Waals surface area contributed by atoms with Crippen molar-refractivity contribution in [2.75, 3.05) is 5.32 Å². The number of pyridine rings is 2. The molecule has 0 bridgehead atoms. The molecule has 138 valence electrons. The molecule has 7 nitrogen and oxygen atoms in total. The van der Waals surface area contributed by atoms with Crippen LogP contribution in [-0.2, 0) is 0 Å². The Bertz CT molecular complexity index is 1260. The van der Waals surface area contributed by atoms with Gasteiger partial charge < -0.3 is 14.9 Å². The number of rotatable bonds is 3. The minimum atomic E-state index is -0.220. The summed E-state index contributed by atoms with van der Waals surface area (Å²) >= 11 is 0. The highest BCUT2D eigenvalue weighted by atomic mass is 16.1. The number of nitrogens with zero attached hydrogens (tertiary/aromatic N) is 4. The molecule has 0 spiro atoms. The highest BCUT2D eigenvalue weighted by molar-refractivity contribution is 5.83. The number of fused-ring (bicyclic) bond motifs is 2. The van der Waals surface area contributed by atoms with Gasteiger partial charge in [-0.05, 0) is 31.0 Å². The zero-order chi connectivity index (χ0) is 19.1. The zero-order valence-corrected chi connectivity index (χ0v) is 15.1. The number of nitrogens with one attached hydrogen (secondary N) is 2. The van der Waals surface area contributed by atoms with Crippen LogP contribution in [0.4, 0.5) is 11.8 Å². The van der Waals surface area contributed by atoms with Crippen LogP contribution < -0.4 is 10.9 Å². The molecule has 4 aromatic rings. The molecule has 1 fully saturated rings. The van der Waals surface area contributed by atoms with Crippen LogP contribution in [0.2, 0.25) is 0 Å². The average molecular weight is 370 g/mol. The number of aromatic amines is 1. The Kier molecular flexibility index (Phi) is 3.83. The van der Waals surface area contributed by atoms with Gasteiger partial charge >= 0.3 is 0 Å². The van der Waals surface area contributed by atoms with Crippen LogP contribution in [-0.4, -0.2) is 19.5 Å². The van der Waals surface area contributed by atoms with Gasteiger partial charge in [-0.2, -0.15) is 5.26 Å². The molecule has 1 aliphatic rings. The smallest absolute Gasteiger partial charge is 0.269 e. The third-order valence-electron chi connectivity index (χ3n) is 5.37. The van der Waals surface area contributed by atoms with E-state index in [1.54, 1.807) is 16.8 Å². The van der Waals surface area contributed by atoms with Gasteiger partial charge in [0.05, 0.1) is 16.6 Å². The largest absolute Gasteiger partial charge is 0.324 e. The fourth-order valence-corrected chi connectivity index (χ4v) is 4.04. The number of H-pyrrole nitrogens is 1. The molecule has 3 heterocycles. The van der Waals surface area contributed by atoms with Crippen molar-refractivity contribution in [2.24, 2.45) is 0 Å². The summed E-state index contributed by atoms with van der Waals surface area (Å²) in [6.45, 7) is 0. The Morgan fingerprint density at radius 2 is 2.04 bits per heavy atom. The molecule has 5 rings (SSSR count). The normalized spacial score (nSPS) is 14.5. The number of nitriles is 1. The van der Waals surface area contributed by atoms with E-state index in [2.05, 4.69) is 20.3 Å². The van der Waals surface area contributed by atoms with Crippen molar-refractivity contribution in [3.63, 3.8) is 0 Å². The van der Waals surface area contributed by atoms with Crippen molar-refractivity contribution in [3.05, 3.63) is 58.5 Å². The number of hydrogen-bond donors (Lipinski definition) is 2. The van der Waals surface area contributed by atoms with Crippen molar-refractivity contribution in [2.45, 2.75) is 31.7 Å². The van der Waals surface area contributed by atoms with E-state index in [1.165, 1.54) is 0 Å². The maximum atomic E-state index is 12.9. The molecule has 0 saturated heterocycles. The summed E-state index contributed by atoms with van der Waals surface area (Å²) in [5.74, 6) is 1.19. The fraction of sp³-hybridized carbons (Fsp3) is 0.238. The van der Waals surface area contributed by atoms with Crippen LogP contribution >= 0.6 is 0 Å². The predicted octanol–water partition coefficient (Wildman–Crippen LogP) is 4.00. The Morgan fingerprint density at radius 1 is 1.21 bits per heavy atom. The van der Waals surface area contributed by atoms with Gasteiger partial charge in [0.1, 0.15) is 17.5 Å². The SMILES string of the molecule is N#Cc1cc2cnc(Nc3nc4ccccc4[nH]3)cc2n(C2CCCC2)c1=O. The van der Waals surface area contributed by atoms with Crippen molar-refractivity contribution in [3.8, 4) is 6.07 Å². The number of anilines is 2. The van der Waals surface area contributed by atoms with E-state index < -0.39 is 0 Å². The summed E-state index contributed by atoms with van der Waals surface area (Å²) in [7, 11) is 0. The van der Waals surface area contributed by atoms with Gasteiger partial charge in [0, 0.05) is 23.7 Å². The second kappa shape index (κ2) is 6.50. The maximum absolute atomic E-state index is 12.9. The van der Waals surface area contributed by atoms with Crippen LogP contribution in [0.3, 0.4) is 0 Å². The lowest BCUT2D eigenvalue weighted by molar-refractivity contribution is 0.519. The average Bonchev–Trinajstić information content (AvgIpc) is 3.36. The Labute approximate surface area is 160 Å². The van der Waals surface area contributed by atoms with E-state index in [-0.39, 0.29) is 17.2 Å². The zero-order valence-electron chi connectivity index (χ0n) is 15.1. The Morgan fingerprint density at radius 3 is 2.82 bits per heavy atom. The molecule has 7 heteroatoms. The van der Waals surface area contributed by atoms with Crippen LogP contribution in [0.25, 0.3) is 21.9 Å². The number of para-hydroxylation sites is 2. The first-order valence-electron chi connectivity index (χ1n) is 9.40. The van der Waals surface area contributed by atoms with E-state index >= 15 is 0 Å². The van der Waals surface area contributed by atoms with Gasteiger partial charge in [0.25, 0.3) is 5.56 Å². The molecule has 0 aliphatic heterocycles. The first kappa shape index (κ1) is 16.5. The van der Waals surface area contributed by atoms with Gasteiger partial charge in [0.2, 0.25) is 5.95 Å². The predicted molar refractivity (Wildman–Crippen MR) is 108 cm³/mol. The number of hydrogen-bond acceptors (Lipinski definition) is 5. The molecule has 28 heavy (non-hydrogen) atoms. The second-order valence-electron chi connectivity index (χ2n) is 7.14. The van der Waals surface area contributed by atoms with E-state index in [9.17, 15) is 10.1 Å². The molecule has 2 N–H and O–H groups in total. The lowest BCUT2D eigenvalue weighted by atomic mass is 10.1. The monoisotopic (exact) mass is 370 g/mol. The van der Waals surface area contributed by atoms with E-state index in [0.717, 1.165) is 47.6 Å². The van der Waals surface area contributed by atoms with E-state index in [1.807, 2.05) is 36.4 Å². The van der Waals surface area contributed by atoms with Crippen LogP contribution in [0, 0.1) is 11.3 Å². The minimum Gasteiger partial charge on any atom is -0.324 e. The van der Waals surface area contributed by atoms with E-state index in [4.69, 9.17) is 0 Å². The standard InChI is InChI=1S/C21H18N6O/c22-11-13-9-14-12-23-19(26-21-24-16-7-3-4-8-17(16)25-21)10-18(14)27(20(13)28)15-5-1-2-6-15/h3-4,7-10,12,15H,1-2,5-6H2,(H2,23,24,25,26). The van der Waals surface area contributed by atoms with Gasteiger partial charge in [-0.1, -0.05) is 25.0 Å². The maximum Gasteiger partial charge on any atom is 0.269 e. The molecule has 1 aromatic carbocycles. The van der Waals surface area contributed by atoms with Crippen molar-refractivity contribution >= 4 is 33.7 Å². The van der Waals surface area contributed by atoms with Gasteiger partial charge in [-0.3, -0.25) is 4.79 Å². The Balaban J connectivity index is 1.62. The van der Waals surface area contributed by atoms with Crippen LogP contribution in [0.5, 0.6) is 0 Å². The second-order valence-corrected chi connectivity index (χ2v) is 7.14. The lowest BCUT2D eigenvalue weighted by Gasteiger charge is -2.17. The number of imidazole rings is 1. The third-order valence-corrected chi connectivity index (χ3v) is 5.37. The summed E-state index contributed by atoms with van der Waals surface area (Å²) < 4.78 is 1.78. The van der Waals surface area contributed by atoms with Gasteiger partial charge in [-0.15, -0.1) is 0 Å². The van der Waals surface area contributed by atoms with Crippen LogP contribution in [0.15, 0.2) is 47.4 Å².